The lowest BCUT2D eigenvalue weighted by Crippen LogP contribution is -2.46. The monoisotopic (exact) mass is 303 g/mol. The van der Waals surface area contributed by atoms with Gasteiger partial charge in [0.25, 0.3) is 0 Å². The summed E-state index contributed by atoms with van der Waals surface area (Å²) >= 11 is 0. The van der Waals surface area contributed by atoms with Gasteiger partial charge in [-0.25, -0.2) is 17.2 Å². The molecule has 2 atom stereocenters. The molecule has 1 fully saturated rings. The lowest BCUT2D eigenvalue weighted by molar-refractivity contribution is 0.454. The van der Waals surface area contributed by atoms with Crippen LogP contribution in [0.2, 0.25) is 0 Å². The molecule has 0 bridgehead atoms. The first-order chi connectivity index (χ1) is 9.44. The lowest BCUT2D eigenvalue weighted by Gasteiger charge is -2.30. The molecule has 0 saturated carbocycles. The van der Waals surface area contributed by atoms with Crippen molar-refractivity contribution in [2.75, 3.05) is 12.8 Å². The number of halogens is 2. The van der Waals surface area contributed by atoms with Crippen LogP contribution in [0.25, 0.3) is 0 Å². The van der Waals surface area contributed by atoms with E-state index in [-0.39, 0.29) is 11.8 Å². The number of sulfone groups is 1. The van der Waals surface area contributed by atoms with Crippen LogP contribution < -0.4 is 5.32 Å². The Bertz CT molecular complexity index is 575. The molecule has 3 nitrogen and oxygen atoms in total. The normalized spacial score (nSPS) is 23.4. The minimum absolute atomic E-state index is 0.216. The lowest BCUT2D eigenvalue weighted by atomic mass is 9.99. The molecule has 0 radical (unpaired) electrons. The van der Waals surface area contributed by atoms with Gasteiger partial charge in [0.15, 0.2) is 21.5 Å². The minimum atomic E-state index is -3.10. The molecule has 2 rings (SSSR count). The fraction of sp³-hybridized carbons (Fsp3) is 0.571. The molecule has 6 heteroatoms. The van der Waals surface area contributed by atoms with Gasteiger partial charge in [0, 0.05) is 6.04 Å². The van der Waals surface area contributed by atoms with Gasteiger partial charge in [0.05, 0.1) is 11.0 Å². The van der Waals surface area contributed by atoms with Crippen LogP contribution in [-0.2, 0) is 16.3 Å². The maximum Gasteiger partial charge on any atom is 0.159 e. The van der Waals surface area contributed by atoms with Gasteiger partial charge in [-0.15, -0.1) is 0 Å². The third kappa shape index (κ3) is 3.35. The fourth-order valence-corrected chi connectivity index (χ4v) is 4.94. The van der Waals surface area contributed by atoms with Gasteiger partial charge in [-0.1, -0.05) is 12.5 Å². The van der Waals surface area contributed by atoms with Crippen molar-refractivity contribution in [2.45, 2.75) is 37.0 Å². The highest BCUT2D eigenvalue weighted by molar-refractivity contribution is 7.92. The molecule has 112 valence electrons. The van der Waals surface area contributed by atoms with E-state index < -0.39 is 26.7 Å². The maximum absolute atomic E-state index is 13.2. The summed E-state index contributed by atoms with van der Waals surface area (Å²) in [6.45, 7) is 0. The van der Waals surface area contributed by atoms with E-state index in [1.54, 1.807) is 7.05 Å². The van der Waals surface area contributed by atoms with Crippen LogP contribution >= 0.6 is 0 Å². The first kappa shape index (κ1) is 15.4. The SMILES string of the molecule is CNC(Cc1ccc(F)c(F)c1)C1CCCCS1(=O)=O. The van der Waals surface area contributed by atoms with Gasteiger partial charge < -0.3 is 5.32 Å². The Morgan fingerprint density at radius 1 is 1.30 bits per heavy atom. The maximum atomic E-state index is 13.2. The van der Waals surface area contributed by atoms with E-state index in [1.807, 2.05) is 0 Å². The molecule has 20 heavy (non-hydrogen) atoms. The number of hydrogen-bond acceptors (Lipinski definition) is 3. The Morgan fingerprint density at radius 3 is 2.65 bits per heavy atom. The van der Waals surface area contributed by atoms with E-state index in [1.165, 1.54) is 6.07 Å². The molecule has 1 N–H and O–H groups in total. The van der Waals surface area contributed by atoms with Gasteiger partial charge >= 0.3 is 0 Å². The third-order valence-electron chi connectivity index (χ3n) is 3.89. The highest BCUT2D eigenvalue weighted by atomic mass is 32.2. The highest BCUT2D eigenvalue weighted by Gasteiger charge is 2.34. The molecule has 1 aliphatic rings. The average Bonchev–Trinajstić information content (AvgIpc) is 2.40. The van der Waals surface area contributed by atoms with Crippen molar-refractivity contribution in [2.24, 2.45) is 0 Å². The molecule has 1 aromatic carbocycles. The van der Waals surface area contributed by atoms with E-state index in [2.05, 4.69) is 5.32 Å². The number of hydrogen-bond donors (Lipinski definition) is 1. The van der Waals surface area contributed by atoms with Crippen molar-refractivity contribution < 1.29 is 17.2 Å². The van der Waals surface area contributed by atoms with Crippen molar-refractivity contribution in [3.63, 3.8) is 0 Å². The summed E-state index contributed by atoms with van der Waals surface area (Å²) in [5, 5.41) is 2.56. The average molecular weight is 303 g/mol. The van der Waals surface area contributed by atoms with Gasteiger partial charge in [0.1, 0.15) is 0 Å². The molecular formula is C14H19F2NO2S. The van der Waals surface area contributed by atoms with E-state index in [0.717, 1.165) is 18.6 Å². The van der Waals surface area contributed by atoms with Gasteiger partial charge in [0.2, 0.25) is 0 Å². The summed E-state index contributed by atoms with van der Waals surface area (Å²) in [6.07, 6.45) is 2.59. The topological polar surface area (TPSA) is 46.2 Å². The van der Waals surface area contributed by atoms with E-state index >= 15 is 0 Å². The zero-order valence-corrected chi connectivity index (χ0v) is 12.2. The Balaban J connectivity index is 2.18. The Labute approximate surface area is 118 Å². The van der Waals surface area contributed by atoms with Crippen molar-refractivity contribution in [3.05, 3.63) is 35.4 Å². The summed E-state index contributed by atoms with van der Waals surface area (Å²) in [7, 11) is -1.40. The number of rotatable bonds is 4. The van der Waals surface area contributed by atoms with Crippen LogP contribution in [0.3, 0.4) is 0 Å². The van der Waals surface area contributed by atoms with E-state index in [0.29, 0.717) is 24.8 Å². The molecule has 1 aromatic rings. The second-order valence-corrected chi connectivity index (χ2v) is 7.59. The van der Waals surface area contributed by atoms with Crippen LogP contribution in [0.5, 0.6) is 0 Å². The molecule has 1 saturated heterocycles. The molecule has 0 spiro atoms. The molecule has 0 aromatic heterocycles. The van der Waals surface area contributed by atoms with Crippen molar-refractivity contribution in [1.29, 1.82) is 0 Å². The molecule has 0 aliphatic carbocycles. The van der Waals surface area contributed by atoms with Crippen molar-refractivity contribution >= 4 is 9.84 Å². The summed E-state index contributed by atoms with van der Waals surface area (Å²) in [5.41, 5.74) is 0.601. The number of likely N-dealkylation sites (N-methyl/N-ethyl adjacent to an activating group) is 1. The predicted octanol–water partition coefficient (Wildman–Crippen LogP) is 2.06. The number of nitrogens with one attached hydrogen (secondary N) is 1. The Kier molecular flexibility index (Phi) is 4.75. The zero-order valence-electron chi connectivity index (χ0n) is 11.4. The smallest absolute Gasteiger partial charge is 0.159 e. The van der Waals surface area contributed by atoms with Crippen LogP contribution in [0, 0.1) is 11.6 Å². The molecule has 0 amide bonds. The first-order valence-electron chi connectivity index (χ1n) is 6.77. The first-order valence-corrected chi connectivity index (χ1v) is 8.48. The number of benzene rings is 1. The van der Waals surface area contributed by atoms with Crippen LogP contribution in [0.4, 0.5) is 8.78 Å². The van der Waals surface area contributed by atoms with Gasteiger partial charge in [-0.3, -0.25) is 0 Å². The molecule has 2 unspecified atom stereocenters. The Morgan fingerprint density at radius 2 is 2.05 bits per heavy atom. The van der Waals surface area contributed by atoms with Crippen LogP contribution in [0.15, 0.2) is 18.2 Å². The summed E-state index contributed by atoms with van der Waals surface area (Å²) in [6, 6.07) is 3.44. The second kappa shape index (κ2) is 6.18. The molecule has 1 heterocycles. The molecule has 1 aliphatic heterocycles. The molecular weight excluding hydrogens is 284 g/mol. The zero-order chi connectivity index (χ0) is 14.8. The highest BCUT2D eigenvalue weighted by Crippen LogP contribution is 2.24. The summed E-state index contributed by atoms with van der Waals surface area (Å²) in [4.78, 5) is 0. The van der Waals surface area contributed by atoms with Crippen LogP contribution in [-0.4, -0.2) is 32.5 Å². The van der Waals surface area contributed by atoms with Gasteiger partial charge in [-0.2, -0.15) is 0 Å². The third-order valence-corrected chi connectivity index (χ3v) is 6.23. The summed E-state index contributed by atoms with van der Waals surface area (Å²) in [5.74, 6) is -1.57. The van der Waals surface area contributed by atoms with Gasteiger partial charge in [-0.05, 0) is 44.0 Å². The predicted molar refractivity (Wildman–Crippen MR) is 74.3 cm³/mol. The van der Waals surface area contributed by atoms with Crippen molar-refractivity contribution in [3.8, 4) is 0 Å². The largest absolute Gasteiger partial charge is 0.315 e. The standard InChI is InChI=1S/C14H19F2NO2S/c1-17-13(14-4-2-3-7-20(14,18)19)9-10-5-6-11(15)12(16)8-10/h5-6,8,13-14,17H,2-4,7,9H2,1H3. The quantitative estimate of drug-likeness (QED) is 0.926. The Hall–Kier alpha value is -1.01. The fourth-order valence-electron chi connectivity index (χ4n) is 2.77. The van der Waals surface area contributed by atoms with E-state index in [9.17, 15) is 17.2 Å². The second-order valence-electron chi connectivity index (χ2n) is 5.25. The summed E-state index contributed by atoms with van der Waals surface area (Å²) < 4.78 is 50.4. The van der Waals surface area contributed by atoms with E-state index in [4.69, 9.17) is 0 Å². The minimum Gasteiger partial charge on any atom is -0.315 e. The van der Waals surface area contributed by atoms with Crippen LogP contribution in [0.1, 0.15) is 24.8 Å². The van der Waals surface area contributed by atoms with Crippen molar-refractivity contribution in [1.82, 2.24) is 5.32 Å².